The van der Waals surface area contributed by atoms with Crippen LogP contribution in [-0.2, 0) is 13.6 Å². The molecule has 0 amide bonds. The first-order valence-corrected chi connectivity index (χ1v) is 5.95. The zero-order valence-corrected chi connectivity index (χ0v) is 9.69. The third-order valence-electron chi connectivity index (χ3n) is 3.39. The minimum atomic E-state index is 1.08. The molecule has 0 unspecified atom stereocenters. The molecule has 0 bridgehead atoms. The lowest BCUT2D eigenvalue weighted by molar-refractivity contribution is 0.331. The molecule has 3 rings (SSSR count). The Kier molecular flexibility index (Phi) is 2.40. The Morgan fingerprint density at radius 2 is 2.06 bits per heavy atom. The molecule has 1 fully saturated rings. The standard InChI is InChI=1S/C13H17N3/c1-15-10-14-12-8-11(4-5-13(12)15)9-16-6-2-3-7-16/h4-5,8,10H,2-3,6-7,9H2,1H3. The van der Waals surface area contributed by atoms with E-state index in [1.807, 2.05) is 13.4 Å². The highest BCUT2D eigenvalue weighted by Crippen LogP contribution is 2.17. The van der Waals surface area contributed by atoms with Gasteiger partial charge in [-0.1, -0.05) is 6.07 Å². The zero-order valence-electron chi connectivity index (χ0n) is 9.69. The topological polar surface area (TPSA) is 21.1 Å². The number of benzene rings is 1. The van der Waals surface area contributed by atoms with Crippen LogP contribution in [0.25, 0.3) is 11.0 Å². The number of hydrogen-bond donors (Lipinski definition) is 0. The molecule has 3 nitrogen and oxygen atoms in total. The van der Waals surface area contributed by atoms with Gasteiger partial charge < -0.3 is 4.57 Å². The maximum atomic E-state index is 4.40. The molecular weight excluding hydrogens is 198 g/mol. The number of nitrogens with zero attached hydrogens (tertiary/aromatic N) is 3. The highest BCUT2D eigenvalue weighted by atomic mass is 15.1. The molecule has 0 aliphatic carbocycles. The van der Waals surface area contributed by atoms with E-state index in [1.54, 1.807) is 0 Å². The molecule has 1 aliphatic rings. The van der Waals surface area contributed by atoms with Crippen molar-refractivity contribution in [3.63, 3.8) is 0 Å². The first kappa shape index (κ1) is 9.85. The molecule has 0 radical (unpaired) electrons. The fourth-order valence-electron chi connectivity index (χ4n) is 2.48. The number of fused-ring (bicyclic) bond motifs is 1. The fourth-order valence-corrected chi connectivity index (χ4v) is 2.48. The van der Waals surface area contributed by atoms with Crippen molar-refractivity contribution in [2.24, 2.45) is 7.05 Å². The first-order chi connectivity index (χ1) is 7.83. The summed E-state index contributed by atoms with van der Waals surface area (Å²) in [6, 6.07) is 6.61. The second kappa shape index (κ2) is 3.91. The van der Waals surface area contributed by atoms with Gasteiger partial charge in [-0.05, 0) is 43.6 Å². The number of aryl methyl sites for hydroxylation is 1. The maximum Gasteiger partial charge on any atom is 0.0955 e. The number of imidazole rings is 1. The zero-order chi connectivity index (χ0) is 11.0. The predicted molar refractivity (Wildman–Crippen MR) is 65.2 cm³/mol. The molecule has 16 heavy (non-hydrogen) atoms. The van der Waals surface area contributed by atoms with Gasteiger partial charge in [0, 0.05) is 13.6 Å². The predicted octanol–water partition coefficient (Wildman–Crippen LogP) is 2.17. The molecule has 1 saturated heterocycles. The van der Waals surface area contributed by atoms with Crippen LogP contribution >= 0.6 is 0 Å². The average Bonchev–Trinajstić information content (AvgIpc) is 2.90. The van der Waals surface area contributed by atoms with Crippen molar-refractivity contribution in [1.29, 1.82) is 0 Å². The Bertz CT molecular complexity index is 495. The third kappa shape index (κ3) is 1.71. The van der Waals surface area contributed by atoms with Crippen molar-refractivity contribution in [2.45, 2.75) is 19.4 Å². The second-order valence-electron chi connectivity index (χ2n) is 4.66. The number of aromatic nitrogens is 2. The van der Waals surface area contributed by atoms with Crippen LogP contribution in [0.3, 0.4) is 0 Å². The van der Waals surface area contributed by atoms with Gasteiger partial charge in [0.2, 0.25) is 0 Å². The van der Waals surface area contributed by atoms with Crippen molar-refractivity contribution in [3.05, 3.63) is 30.1 Å². The van der Waals surface area contributed by atoms with Crippen molar-refractivity contribution in [3.8, 4) is 0 Å². The Hall–Kier alpha value is -1.35. The van der Waals surface area contributed by atoms with Gasteiger partial charge in [-0.25, -0.2) is 4.98 Å². The molecule has 2 aromatic rings. The molecule has 1 aromatic carbocycles. The quantitative estimate of drug-likeness (QED) is 0.765. The van der Waals surface area contributed by atoms with Crippen LogP contribution in [0.15, 0.2) is 24.5 Å². The molecule has 1 aliphatic heterocycles. The Labute approximate surface area is 95.7 Å². The lowest BCUT2D eigenvalue weighted by Gasteiger charge is -2.14. The molecule has 0 saturated carbocycles. The van der Waals surface area contributed by atoms with Crippen LogP contribution < -0.4 is 0 Å². The maximum absolute atomic E-state index is 4.40. The van der Waals surface area contributed by atoms with E-state index in [9.17, 15) is 0 Å². The van der Waals surface area contributed by atoms with Crippen molar-refractivity contribution >= 4 is 11.0 Å². The molecule has 1 aromatic heterocycles. The average molecular weight is 215 g/mol. The summed E-state index contributed by atoms with van der Waals surface area (Å²) in [4.78, 5) is 6.92. The monoisotopic (exact) mass is 215 g/mol. The summed E-state index contributed by atoms with van der Waals surface area (Å²) >= 11 is 0. The lowest BCUT2D eigenvalue weighted by atomic mass is 10.2. The van der Waals surface area contributed by atoms with Crippen LogP contribution in [0.2, 0.25) is 0 Å². The van der Waals surface area contributed by atoms with Gasteiger partial charge in [0.25, 0.3) is 0 Å². The largest absolute Gasteiger partial charge is 0.334 e. The van der Waals surface area contributed by atoms with Crippen LogP contribution in [0, 0.1) is 0 Å². The third-order valence-corrected chi connectivity index (χ3v) is 3.39. The SMILES string of the molecule is Cn1cnc2cc(CN3CCCC3)ccc21. The van der Waals surface area contributed by atoms with E-state index in [0.717, 1.165) is 12.1 Å². The van der Waals surface area contributed by atoms with E-state index >= 15 is 0 Å². The van der Waals surface area contributed by atoms with Crippen LogP contribution in [0.1, 0.15) is 18.4 Å². The lowest BCUT2D eigenvalue weighted by Crippen LogP contribution is -2.18. The van der Waals surface area contributed by atoms with E-state index < -0.39 is 0 Å². The molecule has 84 valence electrons. The number of rotatable bonds is 2. The van der Waals surface area contributed by atoms with Crippen LogP contribution in [0.4, 0.5) is 0 Å². The summed E-state index contributed by atoms with van der Waals surface area (Å²) in [6.45, 7) is 3.58. The number of hydrogen-bond acceptors (Lipinski definition) is 2. The summed E-state index contributed by atoms with van der Waals surface area (Å²) in [5.41, 5.74) is 3.71. The van der Waals surface area contributed by atoms with Gasteiger partial charge in [-0.2, -0.15) is 0 Å². The van der Waals surface area contributed by atoms with Gasteiger partial charge in [0.1, 0.15) is 0 Å². The van der Waals surface area contributed by atoms with Gasteiger partial charge in [-0.3, -0.25) is 4.90 Å². The Morgan fingerprint density at radius 3 is 2.88 bits per heavy atom. The van der Waals surface area contributed by atoms with E-state index in [2.05, 4.69) is 32.7 Å². The summed E-state index contributed by atoms with van der Waals surface area (Å²) < 4.78 is 2.06. The normalized spacial score (nSPS) is 17.3. The van der Waals surface area contributed by atoms with E-state index in [1.165, 1.54) is 37.0 Å². The van der Waals surface area contributed by atoms with Crippen molar-refractivity contribution < 1.29 is 0 Å². The van der Waals surface area contributed by atoms with Crippen LogP contribution in [-0.4, -0.2) is 27.5 Å². The minimum Gasteiger partial charge on any atom is -0.334 e. The summed E-state index contributed by atoms with van der Waals surface area (Å²) in [5.74, 6) is 0. The van der Waals surface area contributed by atoms with E-state index in [0.29, 0.717) is 0 Å². The number of likely N-dealkylation sites (tertiary alicyclic amines) is 1. The fraction of sp³-hybridized carbons (Fsp3) is 0.462. The molecule has 0 atom stereocenters. The molecule has 0 spiro atoms. The van der Waals surface area contributed by atoms with Gasteiger partial charge in [0.05, 0.1) is 17.4 Å². The first-order valence-electron chi connectivity index (χ1n) is 5.95. The van der Waals surface area contributed by atoms with Gasteiger partial charge in [-0.15, -0.1) is 0 Å². The molecule has 0 N–H and O–H groups in total. The van der Waals surface area contributed by atoms with E-state index in [4.69, 9.17) is 0 Å². The van der Waals surface area contributed by atoms with Crippen molar-refractivity contribution in [1.82, 2.24) is 14.5 Å². The summed E-state index contributed by atoms with van der Waals surface area (Å²) in [7, 11) is 2.04. The second-order valence-corrected chi connectivity index (χ2v) is 4.66. The van der Waals surface area contributed by atoms with Crippen LogP contribution in [0.5, 0.6) is 0 Å². The molecular formula is C13H17N3. The summed E-state index contributed by atoms with van der Waals surface area (Å²) in [6.07, 6.45) is 4.59. The van der Waals surface area contributed by atoms with Gasteiger partial charge >= 0.3 is 0 Å². The van der Waals surface area contributed by atoms with Gasteiger partial charge in [0.15, 0.2) is 0 Å². The minimum absolute atomic E-state index is 1.08. The summed E-state index contributed by atoms with van der Waals surface area (Å²) in [5, 5.41) is 0. The molecule has 2 heterocycles. The van der Waals surface area contributed by atoms with Crippen molar-refractivity contribution in [2.75, 3.05) is 13.1 Å². The van der Waals surface area contributed by atoms with E-state index in [-0.39, 0.29) is 0 Å². The molecule has 3 heteroatoms. The Balaban J connectivity index is 1.87. The highest BCUT2D eigenvalue weighted by Gasteiger charge is 2.12. The highest BCUT2D eigenvalue weighted by molar-refractivity contribution is 5.75. The Morgan fingerprint density at radius 1 is 1.25 bits per heavy atom. The smallest absolute Gasteiger partial charge is 0.0955 e.